The van der Waals surface area contributed by atoms with E-state index in [1.54, 1.807) is 19.2 Å². The molecule has 0 radical (unpaired) electrons. The number of likely N-dealkylation sites (N-methyl/N-ethyl adjacent to an activating group) is 1. The van der Waals surface area contributed by atoms with Crippen molar-refractivity contribution in [3.8, 4) is 17.0 Å². The highest BCUT2D eigenvalue weighted by Gasteiger charge is 2.23. The second-order valence-electron chi connectivity index (χ2n) is 7.88. The highest BCUT2D eigenvalue weighted by Crippen LogP contribution is 2.35. The highest BCUT2D eigenvalue weighted by atomic mass is 16.5. The third-order valence-corrected chi connectivity index (χ3v) is 6.17. The van der Waals surface area contributed by atoms with Crippen molar-refractivity contribution in [1.82, 2.24) is 14.5 Å². The van der Waals surface area contributed by atoms with Crippen molar-refractivity contribution in [2.75, 3.05) is 33.9 Å². The van der Waals surface area contributed by atoms with Gasteiger partial charge in [0.25, 0.3) is 0 Å². The van der Waals surface area contributed by atoms with Crippen LogP contribution in [-0.2, 0) is 11.3 Å². The first-order valence-corrected chi connectivity index (χ1v) is 11.2. The number of carbonyl (C=O) groups is 1. The fourth-order valence-corrected chi connectivity index (χ4v) is 4.39. The van der Waals surface area contributed by atoms with Gasteiger partial charge >= 0.3 is 5.97 Å². The number of aromatic amines is 1. The second kappa shape index (κ2) is 9.50. The summed E-state index contributed by atoms with van der Waals surface area (Å²) in [6.07, 6.45) is 0. The summed E-state index contributed by atoms with van der Waals surface area (Å²) in [6.45, 7) is 7.35. The fourth-order valence-electron chi connectivity index (χ4n) is 4.39. The minimum absolute atomic E-state index is 0.118. The summed E-state index contributed by atoms with van der Waals surface area (Å²) in [5.41, 5.74) is 3.30. The zero-order valence-electron chi connectivity index (χ0n) is 19.5. The number of H-pyrrole nitrogens is 1. The van der Waals surface area contributed by atoms with Gasteiger partial charge in [0.05, 0.1) is 30.6 Å². The maximum absolute atomic E-state index is 13.3. The number of nitrogens with zero attached hydrogens (tertiary/aromatic N) is 2. The van der Waals surface area contributed by atoms with Gasteiger partial charge in [0.15, 0.2) is 5.43 Å². The third-order valence-electron chi connectivity index (χ3n) is 6.17. The van der Waals surface area contributed by atoms with Gasteiger partial charge in [0.2, 0.25) is 0 Å². The molecule has 2 aromatic heterocycles. The number of esters is 1. The molecule has 0 bridgehead atoms. The number of pyridine rings is 1. The minimum Gasteiger partial charge on any atom is -0.494 e. The number of hydrogen-bond donors (Lipinski definition) is 1. The average molecular weight is 448 g/mol. The smallest absolute Gasteiger partial charge is 0.354 e. The Labute approximate surface area is 192 Å². The minimum atomic E-state index is -0.446. The number of aromatic nitrogens is 2. The molecule has 2 heterocycles. The van der Waals surface area contributed by atoms with Crippen LogP contribution in [0.15, 0.2) is 53.3 Å². The van der Waals surface area contributed by atoms with Crippen LogP contribution in [0.5, 0.6) is 5.75 Å². The summed E-state index contributed by atoms with van der Waals surface area (Å²) in [6, 6.07) is 14.9. The number of carbonyl (C=O) groups excluding carboxylic acids is 1. The van der Waals surface area contributed by atoms with Crippen molar-refractivity contribution in [2.24, 2.45) is 0 Å². The number of fused-ring (bicyclic) bond motifs is 3. The molecular formula is C26H29N3O4. The summed E-state index contributed by atoms with van der Waals surface area (Å²) in [7, 11) is 2.96. The Morgan fingerprint density at radius 1 is 1.06 bits per heavy atom. The van der Waals surface area contributed by atoms with Crippen LogP contribution < -0.4 is 10.2 Å². The van der Waals surface area contributed by atoms with Crippen molar-refractivity contribution in [3.05, 3.63) is 64.4 Å². The van der Waals surface area contributed by atoms with Gasteiger partial charge in [-0.15, -0.1) is 0 Å². The lowest BCUT2D eigenvalue weighted by Crippen LogP contribution is -2.28. The zero-order valence-corrected chi connectivity index (χ0v) is 19.5. The Bertz CT molecular complexity index is 1350. The SMILES string of the molecule is CCN(CC)CCn1c(C(=O)OC)cc2c3c(=O)cc(-c4ccccc4)[nH]c3cc(OC)c21. The molecule has 0 aliphatic heterocycles. The standard InChI is InChI=1S/C26H29N3O4/c1-5-28(6-2)12-13-29-21(26(31)33-4)14-18-24-20(16-23(32-3)25(18)29)27-19(15-22(24)30)17-10-8-7-9-11-17/h7-11,14-16H,5-6,12-13H2,1-4H3,(H,27,30). The molecule has 0 unspecified atom stereocenters. The van der Waals surface area contributed by atoms with Gasteiger partial charge in [-0.05, 0) is 24.7 Å². The molecule has 33 heavy (non-hydrogen) atoms. The quantitative estimate of drug-likeness (QED) is 0.408. The van der Waals surface area contributed by atoms with Gasteiger partial charge in [-0.3, -0.25) is 4.79 Å². The molecule has 0 saturated heterocycles. The number of nitrogens with one attached hydrogen (secondary N) is 1. The predicted octanol–water partition coefficient (Wildman–Crippen LogP) is 4.29. The van der Waals surface area contributed by atoms with Crippen LogP contribution in [0.25, 0.3) is 33.1 Å². The van der Waals surface area contributed by atoms with E-state index >= 15 is 0 Å². The first kappa shape index (κ1) is 22.6. The number of hydrogen-bond acceptors (Lipinski definition) is 5. The lowest BCUT2D eigenvalue weighted by Gasteiger charge is -2.20. The molecule has 4 rings (SSSR count). The Morgan fingerprint density at radius 3 is 2.42 bits per heavy atom. The lowest BCUT2D eigenvalue weighted by atomic mass is 10.1. The molecule has 7 heteroatoms. The van der Waals surface area contributed by atoms with Crippen LogP contribution >= 0.6 is 0 Å². The zero-order chi connectivity index (χ0) is 23.5. The molecule has 0 atom stereocenters. The van der Waals surface area contributed by atoms with Crippen molar-refractivity contribution in [1.29, 1.82) is 0 Å². The monoisotopic (exact) mass is 447 g/mol. The fraction of sp³-hybridized carbons (Fsp3) is 0.308. The molecule has 7 nitrogen and oxygen atoms in total. The molecule has 0 amide bonds. The van der Waals surface area contributed by atoms with E-state index in [4.69, 9.17) is 9.47 Å². The molecule has 2 aromatic carbocycles. The van der Waals surface area contributed by atoms with Crippen LogP contribution in [0.3, 0.4) is 0 Å². The van der Waals surface area contributed by atoms with Crippen LogP contribution in [0.1, 0.15) is 24.3 Å². The maximum atomic E-state index is 13.3. The summed E-state index contributed by atoms with van der Waals surface area (Å²) < 4.78 is 12.7. The van der Waals surface area contributed by atoms with E-state index in [1.807, 2.05) is 41.0 Å². The summed E-state index contributed by atoms with van der Waals surface area (Å²) >= 11 is 0. The normalized spacial score (nSPS) is 11.4. The van der Waals surface area contributed by atoms with E-state index in [9.17, 15) is 9.59 Å². The van der Waals surface area contributed by atoms with E-state index < -0.39 is 5.97 Å². The van der Waals surface area contributed by atoms with E-state index in [0.29, 0.717) is 34.3 Å². The number of methoxy groups -OCH3 is 2. The number of ether oxygens (including phenoxy) is 2. The number of rotatable bonds is 8. The Hall–Kier alpha value is -3.58. The second-order valence-corrected chi connectivity index (χ2v) is 7.88. The van der Waals surface area contributed by atoms with Gasteiger partial charge in [-0.25, -0.2) is 4.79 Å². The Balaban J connectivity index is 1.99. The molecular weight excluding hydrogens is 418 g/mol. The van der Waals surface area contributed by atoms with Crippen LogP contribution in [-0.4, -0.2) is 54.3 Å². The van der Waals surface area contributed by atoms with E-state index in [1.165, 1.54) is 7.11 Å². The predicted molar refractivity (Wildman–Crippen MR) is 131 cm³/mol. The highest BCUT2D eigenvalue weighted by molar-refractivity contribution is 6.11. The van der Waals surface area contributed by atoms with E-state index in [0.717, 1.165) is 36.4 Å². The summed E-state index contributed by atoms with van der Waals surface area (Å²) in [5, 5.41) is 1.20. The van der Waals surface area contributed by atoms with Gasteiger partial charge < -0.3 is 23.9 Å². The number of benzene rings is 2. The van der Waals surface area contributed by atoms with Gasteiger partial charge in [-0.1, -0.05) is 44.2 Å². The van der Waals surface area contributed by atoms with E-state index in [2.05, 4.69) is 23.7 Å². The Kier molecular flexibility index (Phi) is 6.51. The Morgan fingerprint density at radius 2 is 1.79 bits per heavy atom. The van der Waals surface area contributed by atoms with E-state index in [-0.39, 0.29) is 5.43 Å². The molecule has 4 aromatic rings. The topological polar surface area (TPSA) is 76.6 Å². The van der Waals surface area contributed by atoms with Gasteiger partial charge in [0.1, 0.15) is 11.4 Å². The first-order chi connectivity index (χ1) is 16.0. The molecule has 1 N–H and O–H groups in total. The summed E-state index contributed by atoms with van der Waals surface area (Å²) in [4.78, 5) is 31.6. The third kappa shape index (κ3) is 4.12. The van der Waals surface area contributed by atoms with Crippen molar-refractivity contribution < 1.29 is 14.3 Å². The molecule has 172 valence electrons. The van der Waals surface area contributed by atoms with Crippen LogP contribution in [0.4, 0.5) is 0 Å². The first-order valence-electron chi connectivity index (χ1n) is 11.2. The average Bonchev–Trinajstić information content (AvgIpc) is 3.23. The molecule has 0 aliphatic carbocycles. The largest absolute Gasteiger partial charge is 0.494 e. The van der Waals surface area contributed by atoms with Crippen molar-refractivity contribution in [3.63, 3.8) is 0 Å². The van der Waals surface area contributed by atoms with Gasteiger partial charge in [0, 0.05) is 36.3 Å². The lowest BCUT2D eigenvalue weighted by molar-refractivity contribution is 0.0588. The van der Waals surface area contributed by atoms with Crippen molar-refractivity contribution in [2.45, 2.75) is 20.4 Å². The van der Waals surface area contributed by atoms with Gasteiger partial charge in [-0.2, -0.15) is 0 Å². The molecule has 0 aliphatic rings. The molecule has 0 saturated carbocycles. The maximum Gasteiger partial charge on any atom is 0.354 e. The van der Waals surface area contributed by atoms with Crippen LogP contribution in [0.2, 0.25) is 0 Å². The van der Waals surface area contributed by atoms with Crippen LogP contribution in [0, 0.1) is 0 Å². The molecule has 0 fully saturated rings. The summed E-state index contributed by atoms with van der Waals surface area (Å²) in [5.74, 6) is 0.145. The van der Waals surface area contributed by atoms with Crippen molar-refractivity contribution >= 4 is 27.8 Å². The molecule has 0 spiro atoms.